The molecule has 0 unspecified atom stereocenters. The van der Waals surface area contributed by atoms with Gasteiger partial charge in [-0.25, -0.2) is 8.78 Å². The zero-order valence-corrected chi connectivity index (χ0v) is 13.8. The number of aryl methyl sites for hydroxylation is 1. The summed E-state index contributed by atoms with van der Waals surface area (Å²) in [5.74, 6) is -2.12. The van der Waals surface area contributed by atoms with Crippen molar-refractivity contribution in [1.29, 1.82) is 0 Å². The van der Waals surface area contributed by atoms with E-state index in [2.05, 4.69) is 5.16 Å². The van der Waals surface area contributed by atoms with Crippen LogP contribution < -0.4 is 9.47 Å². The Morgan fingerprint density at radius 3 is 2.50 bits per heavy atom. The highest BCUT2D eigenvalue weighted by Gasteiger charge is 2.34. The van der Waals surface area contributed by atoms with Gasteiger partial charge in [-0.2, -0.15) is 0 Å². The van der Waals surface area contributed by atoms with Crippen molar-refractivity contribution in [3.8, 4) is 17.4 Å². The summed E-state index contributed by atoms with van der Waals surface area (Å²) in [4.78, 5) is -0.0449. The highest BCUT2D eigenvalue weighted by Crippen LogP contribution is 2.43. The minimum Gasteiger partial charge on any atom is -0.493 e. The molecule has 0 saturated heterocycles. The van der Waals surface area contributed by atoms with Crippen molar-refractivity contribution < 1.29 is 27.9 Å². The van der Waals surface area contributed by atoms with E-state index in [1.807, 2.05) is 0 Å². The summed E-state index contributed by atoms with van der Waals surface area (Å²) in [5, 5.41) is 13.0. The molecule has 0 aliphatic carbocycles. The predicted molar refractivity (Wildman–Crippen MR) is 85.3 cm³/mol. The Labute approximate surface area is 140 Å². The molecule has 0 fully saturated rings. The SMILES string of the molecule is COc1cc2cc(C(F)(F)CCc3cc(O)no3)sc2cc1OC. The molecular weight excluding hydrogens is 340 g/mol. The lowest BCUT2D eigenvalue weighted by atomic mass is 10.1. The molecule has 3 aromatic rings. The van der Waals surface area contributed by atoms with Crippen LogP contribution in [0.1, 0.15) is 17.1 Å². The van der Waals surface area contributed by atoms with Gasteiger partial charge in [0.2, 0.25) is 0 Å². The van der Waals surface area contributed by atoms with Crippen LogP contribution in [0.4, 0.5) is 8.78 Å². The highest BCUT2D eigenvalue weighted by atomic mass is 32.1. The van der Waals surface area contributed by atoms with Gasteiger partial charge in [-0.05, 0) is 22.7 Å². The number of alkyl halides is 2. The van der Waals surface area contributed by atoms with Gasteiger partial charge in [0.1, 0.15) is 5.76 Å². The van der Waals surface area contributed by atoms with Gasteiger partial charge in [0.15, 0.2) is 11.5 Å². The number of hydrogen-bond acceptors (Lipinski definition) is 6. The van der Waals surface area contributed by atoms with E-state index in [0.717, 1.165) is 11.3 Å². The van der Waals surface area contributed by atoms with E-state index >= 15 is 0 Å². The summed E-state index contributed by atoms with van der Waals surface area (Å²) in [6.45, 7) is 0. The van der Waals surface area contributed by atoms with Gasteiger partial charge in [-0.3, -0.25) is 0 Å². The Hall–Kier alpha value is -2.35. The van der Waals surface area contributed by atoms with Crippen LogP contribution in [0.25, 0.3) is 10.1 Å². The maximum absolute atomic E-state index is 14.5. The number of fused-ring (bicyclic) bond motifs is 1. The van der Waals surface area contributed by atoms with Gasteiger partial charge in [-0.15, -0.1) is 11.3 Å². The number of thiophene rings is 1. The Morgan fingerprint density at radius 1 is 1.17 bits per heavy atom. The topological polar surface area (TPSA) is 64.7 Å². The third-order valence-electron chi connectivity index (χ3n) is 3.61. The second kappa shape index (κ2) is 6.27. The van der Waals surface area contributed by atoms with Crippen molar-refractivity contribution in [3.63, 3.8) is 0 Å². The van der Waals surface area contributed by atoms with Crippen LogP contribution in [-0.2, 0) is 12.3 Å². The molecule has 0 atom stereocenters. The Bertz CT molecular complexity index is 818. The smallest absolute Gasteiger partial charge is 0.282 e. The largest absolute Gasteiger partial charge is 0.493 e. The number of methoxy groups -OCH3 is 2. The first kappa shape index (κ1) is 16.5. The molecule has 3 rings (SSSR count). The quantitative estimate of drug-likeness (QED) is 0.713. The number of ether oxygens (including phenoxy) is 2. The van der Waals surface area contributed by atoms with Gasteiger partial charge in [-0.1, -0.05) is 0 Å². The molecule has 0 aliphatic rings. The lowest BCUT2D eigenvalue weighted by Gasteiger charge is -2.12. The average molecular weight is 355 g/mol. The Balaban J connectivity index is 1.86. The molecule has 0 saturated carbocycles. The lowest BCUT2D eigenvalue weighted by Crippen LogP contribution is -2.12. The number of nitrogens with zero attached hydrogens (tertiary/aromatic N) is 1. The third-order valence-corrected chi connectivity index (χ3v) is 4.82. The second-order valence-corrected chi connectivity index (χ2v) is 6.30. The van der Waals surface area contributed by atoms with Crippen molar-refractivity contribution in [2.75, 3.05) is 14.2 Å². The normalized spacial score (nSPS) is 11.8. The summed E-state index contributed by atoms with van der Waals surface area (Å²) in [6, 6.07) is 6.06. The second-order valence-electron chi connectivity index (χ2n) is 5.21. The van der Waals surface area contributed by atoms with Gasteiger partial charge < -0.3 is 19.1 Å². The van der Waals surface area contributed by atoms with Crippen LogP contribution in [0.3, 0.4) is 0 Å². The fourth-order valence-corrected chi connectivity index (χ4v) is 3.45. The predicted octanol–water partition coefficient (Wildman–Crippen LogP) is 4.34. The highest BCUT2D eigenvalue weighted by molar-refractivity contribution is 7.19. The summed E-state index contributed by atoms with van der Waals surface area (Å²) < 4.78 is 44.8. The molecule has 2 aromatic heterocycles. The number of aromatic nitrogens is 1. The fourth-order valence-electron chi connectivity index (χ4n) is 2.37. The minimum absolute atomic E-state index is 0.0263. The lowest BCUT2D eigenvalue weighted by molar-refractivity contribution is -0.0105. The molecule has 24 heavy (non-hydrogen) atoms. The Morgan fingerprint density at radius 2 is 1.88 bits per heavy atom. The molecule has 2 heterocycles. The first-order valence-corrected chi connectivity index (χ1v) is 7.93. The van der Waals surface area contributed by atoms with E-state index in [0.29, 0.717) is 21.6 Å². The van der Waals surface area contributed by atoms with E-state index in [-0.39, 0.29) is 22.9 Å². The maximum atomic E-state index is 14.5. The third kappa shape index (κ3) is 3.14. The fraction of sp³-hybridized carbons (Fsp3) is 0.312. The van der Waals surface area contributed by atoms with Crippen LogP contribution in [-0.4, -0.2) is 24.5 Å². The first-order valence-electron chi connectivity index (χ1n) is 7.11. The van der Waals surface area contributed by atoms with Crippen LogP contribution in [0.15, 0.2) is 28.8 Å². The molecular formula is C16H15F2NO4S. The van der Waals surface area contributed by atoms with Crippen molar-refractivity contribution in [3.05, 3.63) is 34.9 Å². The van der Waals surface area contributed by atoms with Gasteiger partial charge in [0.25, 0.3) is 11.8 Å². The van der Waals surface area contributed by atoms with Crippen LogP contribution in [0.5, 0.6) is 17.4 Å². The summed E-state index contributed by atoms with van der Waals surface area (Å²) >= 11 is 1.01. The average Bonchev–Trinajstić information content (AvgIpc) is 3.17. The zero-order valence-electron chi connectivity index (χ0n) is 13.0. The van der Waals surface area contributed by atoms with E-state index in [9.17, 15) is 8.78 Å². The van der Waals surface area contributed by atoms with E-state index < -0.39 is 12.3 Å². The van der Waals surface area contributed by atoms with Crippen LogP contribution >= 0.6 is 11.3 Å². The minimum atomic E-state index is -3.02. The number of aromatic hydroxyl groups is 1. The molecule has 8 heteroatoms. The van der Waals surface area contributed by atoms with Gasteiger partial charge in [0, 0.05) is 29.7 Å². The van der Waals surface area contributed by atoms with Crippen molar-refractivity contribution >= 4 is 21.4 Å². The van der Waals surface area contributed by atoms with Crippen LogP contribution in [0.2, 0.25) is 0 Å². The van der Waals surface area contributed by atoms with E-state index in [4.69, 9.17) is 19.1 Å². The number of hydrogen-bond donors (Lipinski definition) is 1. The van der Waals surface area contributed by atoms with E-state index in [1.165, 1.54) is 26.4 Å². The van der Waals surface area contributed by atoms with Crippen molar-refractivity contribution in [2.45, 2.75) is 18.8 Å². The molecule has 0 aliphatic heterocycles. The number of rotatable bonds is 6. The number of halogens is 2. The maximum Gasteiger partial charge on any atom is 0.282 e. The molecule has 0 amide bonds. The molecule has 5 nitrogen and oxygen atoms in total. The first-order chi connectivity index (χ1) is 11.4. The summed E-state index contributed by atoms with van der Waals surface area (Å²) in [7, 11) is 3.00. The van der Waals surface area contributed by atoms with Crippen molar-refractivity contribution in [1.82, 2.24) is 5.16 Å². The van der Waals surface area contributed by atoms with Gasteiger partial charge >= 0.3 is 0 Å². The molecule has 1 aromatic carbocycles. The molecule has 0 spiro atoms. The van der Waals surface area contributed by atoms with E-state index in [1.54, 1.807) is 12.1 Å². The molecule has 1 N–H and O–H groups in total. The molecule has 128 valence electrons. The standard InChI is InChI=1S/C16H15F2NO4S/c1-21-11-5-9-6-14(24-13(9)8-12(11)22-2)16(17,18)4-3-10-7-15(20)19-23-10/h5-8H,3-4H2,1-2H3,(H,19,20). The summed E-state index contributed by atoms with van der Waals surface area (Å²) in [5.41, 5.74) is 0. The van der Waals surface area contributed by atoms with Gasteiger partial charge in [0.05, 0.1) is 19.1 Å². The zero-order chi connectivity index (χ0) is 17.3. The Kier molecular flexibility index (Phi) is 4.31. The molecule has 0 radical (unpaired) electrons. The molecule has 0 bridgehead atoms. The number of benzene rings is 1. The summed E-state index contributed by atoms with van der Waals surface area (Å²) in [6.07, 6.45) is -0.468. The van der Waals surface area contributed by atoms with Crippen LogP contribution in [0, 0.1) is 0 Å². The monoisotopic (exact) mass is 355 g/mol. The van der Waals surface area contributed by atoms with Crippen molar-refractivity contribution in [2.24, 2.45) is 0 Å².